The number of guanidine groups is 1. The van der Waals surface area contributed by atoms with Crippen LogP contribution in [-0.4, -0.2) is 37.9 Å². The highest BCUT2D eigenvalue weighted by molar-refractivity contribution is 14.0. The smallest absolute Gasteiger partial charge is 0.191 e. The van der Waals surface area contributed by atoms with Gasteiger partial charge in [-0.3, -0.25) is 0 Å². The third kappa shape index (κ3) is 8.25. The normalized spacial score (nSPS) is 11.4. The summed E-state index contributed by atoms with van der Waals surface area (Å²) in [4.78, 5) is 4.47. The second-order valence-electron chi connectivity index (χ2n) is 4.84. The molecule has 6 nitrogen and oxygen atoms in total. The number of nitrogens with zero attached hydrogens (tertiary/aromatic N) is 2. The first kappa shape index (κ1) is 20.2. The lowest BCUT2D eigenvalue weighted by Gasteiger charge is -2.10. The second-order valence-corrected chi connectivity index (χ2v) is 4.84. The van der Waals surface area contributed by atoms with E-state index in [1.54, 1.807) is 7.11 Å². The predicted octanol–water partition coefficient (Wildman–Crippen LogP) is 2.51. The molecule has 2 N–H and O–H groups in total. The summed E-state index contributed by atoms with van der Waals surface area (Å²) >= 11 is 0. The Hall–Kier alpha value is -0.830. The Kier molecular flexibility index (Phi) is 11.3. The Bertz CT molecular complexity index is 407. The molecule has 1 heterocycles. The number of hydrogen-bond donors (Lipinski definition) is 2. The molecule has 7 heteroatoms. The lowest BCUT2D eigenvalue weighted by atomic mass is 10.1. The summed E-state index contributed by atoms with van der Waals surface area (Å²) in [6, 6.07) is 1.96. The fraction of sp³-hybridized carbons (Fsp3) is 0.714. The molecule has 0 unspecified atom stereocenters. The van der Waals surface area contributed by atoms with E-state index >= 15 is 0 Å². The zero-order valence-electron chi connectivity index (χ0n) is 13.3. The van der Waals surface area contributed by atoms with Crippen molar-refractivity contribution in [2.24, 2.45) is 4.99 Å². The van der Waals surface area contributed by atoms with E-state index in [0.29, 0.717) is 12.5 Å². The molecule has 0 spiro atoms. The minimum absolute atomic E-state index is 0. The number of aromatic nitrogens is 1. The van der Waals surface area contributed by atoms with E-state index in [1.807, 2.05) is 13.0 Å². The molecule has 0 saturated heterocycles. The minimum atomic E-state index is 0. The molecule has 0 bridgehead atoms. The molecule has 1 rings (SSSR count). The van der Waals surface area contributed by atoms with E-state index in [9.17, 15) is 0 Å². The maximum absolute atomic E-state index is 5.26. The summed E-state index contributed by atoms with van der Waals surface area (Å²) in [5.41, 5.74) is 0.966. The van der Waals surface area contributed by atoms with Gasteiger partial charge in [-0.05, 0) is 19.3 Å². The Balaban J connectivity index is 0.00000400. The molecule has 0 atom stereocenters. The van der Waals surface area contributed by atoms with Crippen LogP contribution in [0.25, 0.3) is 0 Å². The van der Waals surface area contributed by atoms with Crippen LogP contribution in [0, 0.1) is 0 Å². The lowest BCUT2D eigenvalue weighted by Crippen LogP contribution is -2.38. The van der Waals surface area contributed by atoms with Crippen molar-refractivity contribution in [1.82, 2.24) is 15.8 Å². The largest absolute Gasteiger partial charge is 0.385 e. The van der Waals surface area contributed by atoms with E-state index in [-0.39, 0.29) is 24.0 Å². The SMILES string of the molecule is CCNC(=NCc1cc(C(C)C)no1)NCCCOC.I. The molecule has 0 fully saturated rings. The number of halogens is 1. The van der Waals surface area contributed by atoms with Gasteiger partial charge in [0, 0.05) is 32.9 Å². The van der Waals surface area contributed by atoms with Gasteiger partial charge in [0.15, 0.2) is 11.7 Å². The fourth-order valence-corrected chi connectivity index (χ4v) is 1.60. The van der Waals surface area contributed by atoms with Crippen LogP contribution in [0.4, 0.5) is 0 Å². The maximum Gasteiger partial charge on any atom is 0.191 e. The third-order valence-corrected chi connectivity index (χ3v) is 2.72. The molecule has 1 aromatic rings. The van der Waals surface area contributed by atoms with Gasteiger partial charge in [0.1, 0.15) is 6.54 Å². The summed E-state index contributed by atoms with van der Waals surface area (Å²) in [5, 5.41) is 10.5. The highest BCUT2D eigenvalue weighted by Gasteiger charge is 2.07. The number of aliphatic imine (C=N–C) groups is 1. The summed E-state index contributed by atoms with van der Waals surface area (Å²) in [6.45, 7) is 9.10. The van der Waals surface area contributed by atoms with Crippen LogP contribution in [0.1, 0.15) is 44.6 Å². The summed E-state index contributed by atoms with van der Waals surface area (Å²) < 4.78 is 10.3. The average molecular weight is 410 g/mol. The van der Waals surface area contributed by atoms with Gasteiger partial charge in [-0.25, -0.2) is 4.99 Å². The molecule has 0 aliphatic carbocycles. The van der Waals surface area contributed by atoms with Crippen LogP contribution in [0.15, 0.2) is 15.6 Å². The van der Waals surface area contributed by atoms with Crippen LogP contribution in [0.5, 0.6) is 0 Å². The van der Waals surface area contributed by atoms with Crippen molar-refractivity contribution in [3.8, 4) is 0 Å². The van der Waals surface area contributed by atoms with Crippen molar-refractivity contribution in [1.29, 1.82) is 0 Å². The Morgan fingerprint density at radius 2 is 2.19 bits per heavy atom. The van der Waals surface area contributed by atoms with E-state index < -0.39 is 0 Å². The van der Waals surface area contributed by atoms with E-state index in [2.05, 4.69) is 34.6 Å². The first-order valence-electron chi connectivity index (χ1n) is 7.14. The number of nitrogens with one attached hydrogen (secondary N) is 2. The van der Waals surface area contributed by atoms with Crippen molar-refractivity contribution < 1.29 is 9.26 Å². The highest BCUT2D eigenvalue weighted by Crippen LogP contribution is 2.14. The molecular formula is C14H27IN4O2. The Labute approximate surface area is 144 Å². The van der Waals surface area contributed by atoms with Crippen molar-refractivity contribution in [2.75, 3.05) is 26.8 Å². The van der Waals surface area contributed by atoms with E-state index in [1.165, 1.54) is 0 Å². The van der Waals surface area contributed by atoms with Gasteiger partial charge >= 0.3 is 0 Å². The maximum atomic E-state index is 5.26. The van der Waals surface area contributed by atoms with Crippen LogP contribution in [-0.2, 0) is 11.3 Å². The van der Waals surface area contributed by atoms with Crippen molar-refractivity contribution >= 4 is 29.9 Å². The monoisotopic (exact) mass is 410 g/mol. The summed E-state index contributed by atoms with van der Waals surface area (Å²) in [7, 11) is 1.70. The van der Waals surface area contributed by atoms with Crippen LogP contribution in [0.3, 0.4) is 0 Å². The molecule has 0 amide bonds. The molecule has 0 saturated carbocycles. The van der Waals surface area contributed by atoms with Gasteiger partial charge in [-0.2, -0.15) is 0 Å². The van der Waals surface area contributed by atoms with Crippen molar-refractivity contribution in [2.45, 2.75) is 39.7 Å². The van der Waals surface area contributed by atoms with Crippen LogP contribution in [0.2, 0.25) is 0 Å². The zero-order chi connectivity index (χ0) is 14.8. The predicted molar refractivity (Wildman–Crippen MR) is 95.3 cm³/mol. The van der Waals surface area contributed by atoms with Crippen LogP contribution >= 0.6 is 24.0 Å². The zero-order valence-corrected chi connectivity index (χ0v) is 15.6. The molecule has 21 heavy (non-hydrogen) atoms. The topological polar surface area (TPSA) is 71.7 Å². The van der Waals surface area contributed by atoms with E-state index in [0.717, 1.165) is 43.5 Å². The Morgan fingerprint density at radius 3 is 2.76 bits per heavy atom. The first-order valence-corrected chi connectivity index (χ1v) is 7.14. The molecule has 0 radical (unpaired) electrons. The second kappa shape index (κ2) is 11.8. The van der Waals surface area contributed by atoms with Crippen molar-refractivity contribution in [3.05, 3.63) is 17.5 Å². The number of methoxy groups -OCH3 is 1. The van der Waals surface area contributed by atoms with Crippen LogP contribution < -0.4 is 10.6 Å². The summed E-state index contributed by atoms with van der Waals surface area (Å²) in [6.07, 6.45) is 0.945. The quantitative estimate of drug-likeness (QED) is 0.298. The first-order chi connectivity index (χ1) is 9.67. The standard InChI is InChI=1S/C14H26N4O2.HI/c1-5-15-14(16-7-6-8-19-4)17-10-12-9-13(11(2)3)18-20-12;/h9,11H,5-8,10H2,1-4H3,(H2,15,16,17);1H. The van der Waals surface area contributed by atoms with Crippen molar-refractivity contribution in [3.63, 3.8) is 0 Å². The average Bonchev–Trinajstić information content (AvgIpc) is 2.90. The number of ether oxygens (including phenoxy) is 1. The molecule has 122 valence electrons. The number of rotatable bonds is 8. The van der Waals surface area contributed by atoms with Gasteiger partial charge in [0.05, 0.1) is 5.69 Å². The Morgan fingerprint density at radius 1 is 1.43 bits per heavy atom. The van der Waals surface area contributed by atoms with E-state index in [4.69, 9.17) is 9.26 Å². The van der Waals surface area contributed by atoms with Gasteiger partial charge in [0.2, 0.25) is 0 Å². The molecule has 0 aliphatic heterocycles. The van der Waals surface area contributed by atoms with Gasteiger partial charge in [-0.1, -0.05) is 19.0 Å². The van der Waals surface area contributed by atoms with Gasteiger partial charge in [0.25, 0.3) is 0 Å². The lowest BCUT2D eigenvalue weighted by molar-refractivity contribution is 0.195. The number of hydrogen-bond acceptors (Lipinski definition) is 4. The van der Waals surface area contributed by atoms with Gasteiger partial charge < -0.3 is 19.9 Å². The van der Waals surface area contributed by atoms with Gasteiger partial charge in [-0.15, -0.1) is 24.0 Å². The molecular weight excluding hydrogens is 383 g/mol. The summed E-state index contributed by atoms with van der Waals surface area (Å²) in [5.74, 6) is 1.94. The molecule has 1 aromatic heterocycles. The third-order valence-electron chi connectivity index (χ3n) is 2.72. The molecule has 0 aliphatic rings. The molecule has 0 aromatic carbocycles. The minimum Gasteiger partial charge on any atom is -0.385 e. The highest BCUT2D eigenvalue weighted by atomic mass is 127. The fourth-order valence-electron chi connectivity index (χ4n) is 1.60.